The summed E-state index contributed by atoms with van der Waals surface area (Å²) >= 11 is 0. The first-order valence-electron chi connectivity index (χ1n) is 6.84. The molecule has 0 saturated heterocycles. The van der Waals surface area contributed by atoms with Crippen LogP contribution in [0.5, 0.6) is 0 Å². The number of likely N-dealkylation sites (N-methyl/N-ethyl adjacent to an activating group) is 1. The van der Waals surface area contributed by atoms with Gasteiger partial charge in [-0.05, 0) is 39.6 Å². The highest BCUT2D eigenvalue weighted by Crippen LogP contribution is 2.18. The monoisotopic (exact) mass is 270 g/mol. The number of nitrogens with zero attached hydrogens (tertiary/aromatic N) is 3. The van der Waals surface area contributed by atoms with Gasteiger partial charge in [0, 0.05) is 17.9 Å². The van der Waals surface area contributed by atoms with Crippen LogP contribution in [0.1, 0.15) is 23.0 Å². The van der Waals surface area contributed by atoms with Crippen LogP contribution in [-0.2, 0) is 0 Å². The predicted octanol–water partition coefficient (Wildman–Crippen LogP) is 2.81. The fourth-order valence-corrected chi connectivity index (χ4v) is 2.27. The summed E-state index contributed by atoms with van der Waals surface area (Å²) in [6.07, 6.45) is 0. The number of hydrogen-bond donors (Lipinski definition) is 1. The molecule has 0 saturated carbocycles. The normalized spacial score (nSPS) is 12.4. The van der Waals surface area contributed by atoms with Crippen LogP contribution in [0.15, 0.2) is 36.4 Å². The number of aromatic nitrogens is 2. The van der Waals surface area contributed by atoms with E-state index >= 15 is 0 Å². The van der Waals surface area contributed by atoms with E-state index in [-0.39, 0.29) is 0 Å². The Hall–Kier alpha value is -1.94. The van der Waals surface area contributed by atoms with E-state index in [9.17, 15) is 0 Å². The van der Waals surface area contributed by atoms with Crippen LogP contribution in [0, 0.1) is 13.8 Å². The topological polar surface area (TPSA) is 41.1 Å². The zero-order valence-electron chi connectivity index (χ0n) is 12.6. The molecule has 2 rings (SSSR count). The first-order valence-corrected chi connectivity index (χ1v) is 6.84. The van der Waals surface area contributed by atoms with E-state index < -0.39 is 0 Å². The van der Waals surface area contributed by atoms with Crippen molar-refractivity contribution < 1.29 is 0 Å². The molecule has 1 unspecified atom stereocenters. The maximum absolute atomic E-state index is 4.42. The Morgan fingerprint density at radius 2 is 1.65 bits per heavy atom. The van der Waals surface area contributed by atoms with Gasteiger partial charge in [0.05, 0.1) is 6.04 Å². The Kier molecular flexibility index (Phi) is 4.69. The molecule has 20 heavy (non-hydrogen) atoms. The van der Waals surface area contributed by atoms with Crippen molar-refractivity contribution in [3.05, 3.63) is 53.3 Å². The molecule has 1 aromatic heterocycles. The van der Waals surface area contributed by atoms with Crippen LogP contribution < -0.4 is 5.32 Å². The minimum Gasteiger partial charge on any atom is -0.352 e. The molecular weight excluding hydrogens is 248 g/mol. The second-order valence-electron chi connectivity index (χ2n) is 5.25. The summed E-state index contributed by atoms with van der Waals surface area (Å²) < 4.78 is 0. The molecule has 0 aliphatic carbocycles. The summed E-state index contributed by atoms with van der Waals surface area (Å²) in [6, 6.07) is 12.7. The van der Waals surface area contributed by atoms with Crippen molar-refractivity contribution >= 4 is 5.95 Å². The lowest BCUT2D eigenvalue weighted by Crippen LogP contribution is -2.27. The highest BCUT2D eigenvalue weighted by atomic mass is 15.2. The van der Waals surface area contributed by atoms with Crippen LogP contribution in [0.25, 0.3) is 0 Å². The quantitative estimate of drug-likeness (QED) is 0.907. The van der Waals surface area contributed by atoms with Gasteiger partial charge in [0.2, 0.25) is 5.95 Å². The van der Waals surface area contributed by atoms with E-state index in [4.69, 9.17) is 0 Å². The van der Waals surface area contributed by atoms with Crippen LogP contribution in [0.2, 0.25) is 0 Å². The maximum atomic E-state index is 4.42. The average Bonchev–Trinajstić information content (AvgIpc) is 2.38. The summed E-state index contributed by atoms with van der Waals surface area (Å²) in [4.78, 5) is 11.0. The number of aryl methyl sites for hydroxylation is 2. The standard InChI is InChI=1S/C16H22N4/c1-12-10-13(2)19-16(18-12)17-11-15(20(3)4)14-8-6-5-7-9-14/h5-10,15H,11H2,1-4H3,(H,17,18,19). The molecule has 4 heteroatoms. The van der Waals surface area contributed by atoms with Gasteiger partial charge in [0.15, 0.2) is 0 Å². The fraction of sp³-hybridized carbons (Fsp3) is 0.375. The fourth-order valence-electron chi connectivity index (χ4n) is 2.27. The lowest BCUT2D eigenvalue weighted by Gasteiger charge is -2.25. The van der Waals surface area contributed by atoms with Crippen molar-refractivity contribution in [2.45, 2.75) is 19.9 Å². The molecule has 1 heterocycles. The Morgan fingerprint density at radius 3 is 2.20 bits per heavy atom. The Morgan fingerprint density at radius 1 is 1.05 bits per heavy atom. The zero-order chi connectivity index (χ0) is 14.5. The molecule has 106 valence electrons. The SMILES string of the molecule is Cc1cc(C)nc(NCC(c2ccccc2)N(C)C)n1. The lowest BCUT2D eigenvalue weighted by atomic mass is 10.1. The smallest absolute Gasteiger partial charge is 0.223 e. The van der Waals surface area contributed by atoms with E-state index in [0.717, 1.165) is 17.9 Å². The van der Waals surface area contributed by atoms with Crippen molar-refractivity contribution in [1.29, 1.82) is 0 Å². The Labute approximate surface area is 120 Å². The first kappa shape index (κ1) is 14.5. The predicted molar refractivity (Wildman–Crippen MR) is 82.9 cm³/mol. The molecule has 1 aromatic carbocycles. The van der Waals surface area contributed by atoms with Crippen LogP contribution in [0.4, 0.5) is 5.95 Å². The molecule has 1 N–H and O–H groups in total. The Bertz CT molecular complexity index is 531. The van der Waals surface area contributed by atoms with Crippen molar-refractivity contribution in [3.63, 3.8) is 0 Å². The largest absolute Gasteiger partial charge is 0.352 e. The molecule has 4 nitrogen and oxygen atoms in total. The second-order valence-corrected chi connectivity index (χ2v) is 5.25. The van der Waals surface area contributed by atoms with Gasteiger partial charge in [-0.2, -0.15) is 0 Å². The van der Waals surface area contributed by atoms with Crippen LogP contribution >= 0.6 is 0 Å². The van der Waals surface area contributed by atoms with Gasteiger partial charge in [0.25, 0.3) is 0 Å². The number of hydrogen-bond acceptors (Lipinski definition) is 4. The molecule has 0 amide bonds. The minimum atomic E-state index is 0.292. The second kappa shape index (κ2) is 6.48. The molecule has 0 aliphatic heterocycles. The third-order valence-corrected chi connectivity index (χ3v) is 3.24. The summed E-state index contributed by atoms with van der Waals surface area (Å²) in [5.74, 6) is 0.699. The van der Waals surface area contributed by atoms with E-state index in [1.54, 1.807) is 0 Å². The van der Waals surface area contributed by atoms with Crippen molar-refractivity contribution in [1.82, 2.24) is 14.9 Å². The number of rotatable bonds is 5. The van der Waals surface area contributed by atoms with E-state index in [1.165, 1.54) is 5.56 Å². The summed E-state index contributed by atoms with van der Waals surface area (Å²) in [5.41, 5.74) is 3.26. The molecule has 2 aromatic rings. The first-order chi connectivity index (χ1) is 9.56. The summed E-state index contributed by atoms with van der Waals surface area (Å²) in [5, 5.41) is 3.34. The number of nitrogens with one attached hydrogen (secondary N) is 1. The highest BCUT2D eigenvalue weighted by molar-refractivity contribution is 5.29. The molecule has 0 aliphatic rings. The third-order valence-electron chi connectivity index (χ3n) is 3.24. The Balaban J connectivity index is 2.10. The molecular formula is C16H22N4. The van der Waals surface area contributed by atoms with Gasteiger partial charge < -0.3 is 10.2 Å². The average molecular weight is 270 g/mol. The van der Waals surface area contributed by atoms with Crippen molar-refractivity contribution in [2.75, 3.05) is 26.0 Å². The number of benzene rings is 1. The van der Waals surface area contributed by atoms with Gasteiger partial charge in [-0.1, -0.05) is 30.3 Å². The minimum absolute atomic E-state index is 0.292. The molecule has 1 atom stereocenters. The van der Waals surface area contributed by atoms with E-state index in [1.807, 2.05) is 26.0 Å². The van der Waals surface area contributed by atoms with Gasteiger partial charge in [-0.3, -0.25) is 0 Å². The van der Waals surface area contributed by atoms with Crippen LogP contribution in [-0.4, -0.2) is 35.5 Å². The van der Waals surface area contributed by atoms with Crippen molar-refractivity contribution in [2.24, 2.45) is 0 Å². The van der Waals surface area contributed by atoms with Gasteiger partial charge >= 0.3 is 0 Å². The summed E-state index contributed by atoms with van der Waals surface area (Å²) in [7, 11) is 4.17. The van der Waals surface area contributed by atoms with E-state index in [2.05, 4.69) is 58.5 Å². The zero-order valence-corrected chi connectivity index (χ0v) is 12.6. The van der Waals surface area contributed by atoms with Gasteiger partial charge in [-0.15, -0.1) is 0 Å². The van der Waals surface area contributed by atoms with Crippen LogP contribution in [0.3, 0.4) is 0 Å². The van der Waals surface area contributed by atoms with Crippen molar-refractivity contribution in [3.8, 4) is 0 Å². The molecule has 0 radical (unpaired) electrons. The van der Waals surface area contributed by atoms with Gasteiger partial charge in [0.1, 0.15) is 0 Å². The van der Waals surface area contributed by atoms with Gasteiger partial charge in [-0.25, -0.2) is 9.97 Å². The molecule has 0 spiro atoms. The summed E-state index contributed by atoms with van der Waals surface area (Å²) in [6.45, 7) is 4.75. The maximum Gasteiger partial charge on any atom is 0.223 e. The third kappa shape index (κ3) is 3.78. The highest BCUT2D eigenvalue weighted by Gasteiger charge is 2.14. The van der Waals surface area contributed by atoms with E-state index in [0.29, 0.717) is 12.0 Å². The lowest BCUT2D eigenvalue weighted by molar-refractivity contribution is 0.311. The molecule has 0 bridgehead atoms. The molecule has 0 fully saturated rings. The number of anilines is 1.